The maximum absolute atomic E-state index is 5.39. The summed E-state index contributed by atoms with van der Waals surface area (Å²) in [5, 5.41) is 0. The van der Waals surface area contributed by atoms with Gasteiger partial charge in [-0.3, -0.25) is 4.98 Å². The number of pyridine rings is 1. The van der Waals surface area contributed by atoms with Crippen LogP contribution in [0.15, 0.2) is 22.9 Å². The molecule has 11 heavy (non-hydrogen) atoms. The summed E-state index contributed by atoms with van der Waals surface area (Å²) < 4.78 is 0.979. The Morgan fingerprint density at radius 1 is 1.45 bits per heavy atom. The van der Waals surface area contributed by atoms with Crippen molar-refractivity contribution in [3.05, 3.63) is 28.5 Å². The highest BCUT2D eigenvalue weighted by atomic mass is 79.9. The Morgan fingerprint density at radius 3 is 2.45 bits per heavy atom. The molecule has 0 bridgehead atoms. The summed E-state index contributed by atoms with van der Waals surface area (Å²) in [7, 11) is 0. The largest absolute Gasteiger partial charge is 0.326 e. The van der Waals surface area contributed by atoms with Crippen LogP contribution in [0.5, 0.6) is 0 Å². The van der Waals surface area contributed by atoms with Gasteiger partial charge in [-0.05, 0) is 27.6 Å². The van der Waals surface area contributed by atoms with Crippen molar-refractivity contribution < 1.29 is 0 Å². The predicted molar refractivity (Wildman–Crippen MR) is 54.3 cm³/mol. The second kappa shape index (κ2) is 6.85. The van der Waals surface area contributed by atoms with Crippen LogP contribution in [0.1, 0.15) is 5.56 Å². The first-order valence-electron chi connectivity index (χ1n) is 2.63. The third kappa shape index (κ3) is 3.91. The molecule has 64 valence electrons. The molecule has 0 aliphatic carbocycles. The molecule has 0 aliphatic heterocycles. The Bertz CT molecular complexity index is 208. The fraction of sp³-hybridized carbons (Fsp3) is 0.167. The fourth-order valence-corrected chi connectivity index (χ4v) is 0.982. The van der Waals surface area contributed by atoms with Gasteiger partial charge >= 0.3 is 0 Å². The Labute approximate surface area is 86.5 Å². The Morgan fingerprint density at radius 2 is 2.09 bits per heavy atom. The van der Waals surface area contributed by atoms with Crippen LogP contribution in [0.25, 0.3) is 0 Å². The van der Waals surface area contributed by atoms with Crippen molar-refractivity contribution in [1.29, 1.82) is 0 Å². The lowest BCUT2D eigenvalue weighted by Gasteiger charge is -1.96. The fourth-order valence-electron chi connectivity index (χ4n) is 0.570. The highest BCUT2D eigenvalue weighted by Crippen LogP contribution is 2.12. The van der Waals surface area contributed by atoms with E-state index < -0.39 is 0 Å². The molecule has 0 saturated heterocycles. The molecule has 1 aromatic rings. The second-order valence-corrected chi connectivity index (χ2v) is 2.53. The van der Waals surface area contributed by atoms with E-state index in [0.29, 0.717) is 6.54 Å². The maximum Gasteiger partial charge on any atom is 0.0413 e. The van der Waals surface area contributed by atoms with Crippen molar-refractivity contribution in [1.82, 2.24) is 4.98 Å². The summed E-state index contributed by atoms with van der Waals surface area (Å²) in [6.07, 6.45) is 3.47. The molecule has 0 aromatic carbocycles. The molecular formula is C6H9BrCl2N2. The van der Waals surface area contributed by atoms with Gasteiger partial charge in [0.25, 0.3) is 0 Å². The zero-order valence-electron chi connectivity index (χ0n) is 5.66. The van der Waals surface area contributed by atoms with E-state index >= 15 is 0 Å². The van der Waals surface area contributed by atoms with Gasteiger partial charge in [-0.15, -0.1) is 24.8 Å². The van der Waals surface area contributed by atoms with Crippen molar-refractivity contribution >= 4 is 40.7 Å². The number of rotatable bonds is 1. The minimum atomic E-state index is 0. The minimum absolute atomic E-state index is 0. The van der Waals surface area contributed by atoms with Gasteiger partial charge in [0.05, 0.1) is 0 Å². The van der Waals surface area contributed by atoms with Crippen molar-refractivity contribution in [2.24, 2.45) is 5.73 Å². The number of nitrogens with zero attached hydrogens (tertiary/aromatic N) is 1. The molecule has 0 aliphatic rings. The van der Waals surface area contributed by atoms with Crippen LogP contribution in [-0.4, -0.2) is 4.98 Å². The molecule has 0 fully saturated rings. The third-order valence-corrected chi connectivity index (χ3v) is 1.79. The zero-order valence-corrected chi connectivity index (χ0v) is 8.88. The molecule has 1 heterocycles. The van der Waals surface area contributed by atoms with Crippen LogP contribution in [0.4, 0.5) is 0 Å². The molecule has 0 spiro atoms. The Balaban J connectivity index is 0. The van der Waals surface area contributed by atoms with Crippen LogP contribution in [-0.2, 0) is 6.54 Å². The van der Waals surface area contributed by atoms with Gasteiger partial charge in [0.2, 0.25) is 0 Å². The summed E-state index contributed by atoms with van der Waals surface area (Å²) in [4.78, 5) is 3.89. The Kier molecular flexibility index (Phi) is 8.56. The summed E-state index contributed by atoms with van der Waals surface area (Å²) >= 11 is 3.31. The number of hydrogen-bond acceptors (Lipinski definition) is 2. The molecule has 0 amide bonds. The normalized spacial score (nSPS) is 7.82. The standard InChI is InChI=1S/C6H7BrN2.2ClH/c7-6-4-9-2-1-5(6)3-8;;/h1-2,4H,3,8H2;2*1H. The van der Waals surface area contributed by atoms with Gasteiger partial charge < -0.3 is 5.73 Å². The molecule has 0 unspecified atom stereocenters. The van der Waals surface area contributed by atoms with Gasteiger partial charge in [-0.25, -0.2) is 0 Å². The van der Waals surface area contributed by atoms with Crippen LogP contribution in [0, 0.1) is 0 Å². The number of hydrogen-bond donors (Lipinski definition) is 1. The third-order valence-electron chi connectivity index (χ3n) is 1.08. The lowest BCUT2D eigenvalue weighted by molar-refractivity contribution is 1.05. The Hall–Kier alpha value is 0.170. The van der Waals surface area contributed by atoms with E-state index in [1.165, 1.54) is 0 Å². The van der Waals surface area contributed by atoms with Gasteiger partial charge in [0.15, 0.2) is 0 Å². The van der Waals surface area contributed by atoms with E-state index in [0.717, 1.165) is 10.0 Å². The van der Waals surface area contributed by atoms with E-state index in [1.807, 2.05) is 6.07 Å². The smallest absolute Gasteiger partial charge is 0.0413 e. The topological polar surface area (TPSA) is 38.9 Å². The summed E-state index contributed by atoms with van der Waals surface area (Å²) in [6.45, 7) is 0.559. The molecule has 1 aromatic heterocycles. The molecule has 1 rings (SSSR count). The van der Waals surface area contributed by atoms with Crippen molar-refractivity contribution in [2.75, 3.05) is 0 Å². The van der Waals surface area contributed by atoms with E-state index in [4.69, 9.17) is 5.73 Å². The molecular weight excluding hydrogens is 251 g/mol. The first-order valence-corrected chi connectivity index (χ1v) is 3.42. The molecule has 0 radical (unpaired) electrons. The monoisotopic (exact) mass is 258 g/mol. The average Bonchev–Trinajstić information content (AvgIpc) is 1.89. The zero-order chi connectivity index (χ0) is 6.69. The SMILES string of the molecule is Cl.Cl.NCc1ccncc1Br. The van der Waals surface area contributed by atoms with Crippen LogP contribution in [0.2, 0.25) is 0 Å². The highest BCUT2D eigenvalue weighted by Gasteiger charge is 1.92. The van der Waals surface area contributed by atoms with Crippen molar-refractivity contribution in [3.8, 4) is 0 Å². The van der Waals surface area contributed by atoms with E-state index in [2.05, 4.69) is 20.9 Å². The van der Waals surface area contributed by atoms with Crippen molar-refractivity contribution in [3.63, 3.8) is 0 Å². The lowest BCUT2D eigenvalue weighted by atomic mass is 10.3. The van der Waals surface area contributed by atoms with Gasteiger partial charge in [-0.2, -0.15) is 0 Å². The number of nitrogens with two attached hydrogens (primary N) is 1. The first-order chi connectivity index (χ1) is 4.34. The van der Waals surface area contributed by atoms with Gasteiger partial charge in [-0.1, -0.05) is 0 Å². The van der Waals surface area contributed by atoms with Gasteiger partial charge in [0, 0.05) is 23.4 Å². The molecule has 5 heteroatoms. The number of halogens is 3. The van der Waals surface area contributed by atoms with E-state index in [9.17, 15) is 0 Å². The highest BCUT2D eigenvalue weighted by molar-refractivity contribution is 9.10. The second-order valence-electron chi connectivity index (χ2n) is 1.67. The van der Waals surface area contributed by atoms with E-state index in [1.54, 1.807) is 12.4 Å². The predicted octanol–water partition coefficient (Wildman–Crippen LogP) is 2.15. The molecule has 0 saturated carbocycles. The average molecular weight is 260 g/mol. The van der Waals surface area contributed by atoms with Crippen LogP contribution in [0.3, 0.4) is 0 Å². The summed E-state index contributed by atoms with van der Waals surface area (Å²) in [6, 6.07) is 1.89. The van der Waals surface area contributed by atoms with Crippen molar-refractivity contribution in [2.45, 2.75) is 6.54 Å². The quantitative estimate of drug-likeness (QED) is 0.840. The number of aromatic nitrogens is 1. The van der Waals surface area contributed by atoms with Gasteiger partial charge in [0.1, 0.15) is 0 Å². The lowest BCUT2D eigenvalue weighted by Crippen LogP contribution is -1.96. The first kappa shape index (κ1) is 13.7. The summed E-state index contributed by atoms with van der Waals surface area (Å²) in [5.41, 5.74) is 6.48. The maximum atomic E-state index is 5.39. The van der Waals surface area contributed by atoms with E-state index in [-0.39, 0.29) is 24.8 Å². The molecule has 2 N–H and O–H groups in total. The molecule has 2 nitrogen and oxygen atoms in total. The van der Waals surface area contributed by atoms with Crippen LogP contribution >= 0.6 is 40.7 Å². The van der Waals surface area contributed by atoms with Crippen LogP contribution < -0.4 is 5.73 Å². The summed E-state index contributed by atoms with van der Waals surface area (Å²) in [5.74, 6) is 0. The minimum Gasteiger partial charge on any atom is -0.326 e. The molecule has 0 atom stereocenters.